The minimum Gasteiger partial charge on any atom is -0.481 e. The van der Waals surface area contributed by atoms with Crippen LogP contribution < -0.4 is 10.1 Å². The van der Waals surface area contributed by atoms with Gasteiger partial charge in [-0.3, -0.25) is 4.79 Å². The summed E-state index contributed by atoms with van der Waals surface area (Å²) < 4.78 is 19.2. The zero-order valence-electron chi connectivity index (χ0n) is 16.3. The lowest BCUT2D eigenvalue weighted by Crippen LogP contribution is -2.12. The van der Waals surface area contributed by atoms with Crippen molar-refractivity contribution in [2.45, 2.75) is 0 Å². The third kappa shape index (κ3) is 4.36. The number of amides is 1. The molecule has 4 nitrogen and oxygen atoms in total. The number of carbonyl (C=O) groups is 1. The molecule has 3 aromatic carbocycles. The third-order valence-corrected chi connectivity index (χ3v) is 4.69. The molecule has 0 radical (unpaired) electrons. The molecule has 0 unspecified atom stereocenters. The maximum atomic E-state index is 14.2. The normalized spacial score (nSPS) is 10.5. The predicted octanol–water partition coefficient (Wildman–Crippen LogP) is 5.82. The summed E-state index contributed by atoms with van der Waals surface area (Å²) >= 11 is 0. The largest absolute Gasteiger partial charge is 0.481 e. The summed E-state index contributed by atoms with van der Waals surface area (Å²) in [5, 5.41) is 2.72. The first-order chi connectivity index (χ1) is 14.6. The number of hydrogen-bond donors (Lipinski definition) is 1. The number of hydrogen-bond acceptors (Lipinski definition) is 3. The molecule has 1 N–H and O–H groups in total. The van der Waals surface area contributed by atoms with Crippen molar-refractivity contribution in [3.63, 3.8) is 0 Å². The van der Waals surface area contributed by atoms with E-state index in [1.807, 2.05) is 54.6 Å². The van der Waals surface area contributed by atoms with E-state index >= 15 is 0 Å². The van der Waals surface area contributed by atoms with Crippen LogP contribution >= 0.6 is 0 Å². The number of carbonyl (C=O) groups excluding carboxylic acids is 1. The minimum atomic E-state index is -0.474. The van der Waals surface area contributed by atoms with E-state index in [1.54, 1.807) is 18.2 Å². The maximum Gasteiger partial charge on any atom is 0.255 e. The molecule has 0 fully saturated rings. The number of nitrogens with one attached hydrogen (secondary N) is 1. The summed E-state index contributed by atoms with van der Waals surface area (Å²) in [6, 6.07) is 25.4. The molecule has 1 heterocycles. The van der Waals surface area contributed by atoms with Gasteiger partial charge in [-0.2, -0.15) is 0 Å². The van der Waals surface area contributed by atoms with Gasteiger partial charge in [0.05, 0.1) is 19.0 Å². The first-order valence-corrected chi connectivity index (χ1v) is 9.40. The predicted molar refractivity (Wildman–Crippen MR) is 116 cm³/mol. The van der Waals surface area contributed by atoms with Crippen LogP contribution in [0.1, 0.15) is 10.4 Å². The van der Waals surface area contributed by atoms with Gasteiger partial charge in [0, 0.05) is 11.6 Å². The van der Waals surface area contributed by atoms with E-state index in [-0.39, 0.29) is 5.56 Å². The van der Waals surface area contributed by atoms with Gasteiger partial charge in [-0.05, 0) is 46.5 Å². The molecule has 1 aromatic heterocycles. The van der Waals surface area contributed by atoms with Gasteiger partial charge in [-0.1, -0.05) is 54.6 Å². The molecule has 5 heteroatoms. The molecule has 4 aromatic rings. The van der Waals surface area contributed by atoms with Gasteiger partial charge >= 0.3 is 0 Å². The number of nitrogens with zero attached hydrogens (tertiary/aromatic N) is 1. The quantitative estimate of drug-likeness (QED) is 0.461. The Morgan fingerprint density at radius 2 is 1.50 bits per heavy atom. The molecule has 0 saturated carbocycles. The fourth-order valence-electron chi connectivity index (χ4n) is 3.15. The Morgan fingerprint density at radius 3 is 2.13 bits per heavy atom. The number of benzene rings is 3. The summed E-state index contributed by atoms with van der Waals surface area (Å²) in [6.45, 7) is 0. The van der Waals surface area contributed by atoms with Gasteiger partial charge < -0.3 is 10.1 Å². The Labute approximate surface area is 174 Å². The molecule has 4 rings (SSSR count). The lowest BCUT2D eigenvalue weighted by molar-refractivity contribution is 0.102. The van der Waals surface area contributed by atoms with Gasteiger partial charge in [-0.15, -0.1) is 0 Å². The summed E-state index contributed by atoms with van der Waals surface area (Å²) in [4.78, 5) is 16.7. The van der Waals surface area contributed by atoms with Crippen molar-refractivity contribution in [3.05, 3.63) is 103 Å². The average molecular weight is 398 g/mol. The van der Waals surface area contributed by atoms with E-state index in [2.05, 4.69) is 10.3 Å². The number of halogens is 1. The van der Waals surface area contributed by atoms with E-state index in [9.17, 15) is 9.18 Å². The topological polar surface area (TPSA) is 51.2 Å². The SMILES string of the molecule is COc1ccc(NC(=O)c2cc(F)cc(-c3ccc(-c4ccccc4)cc3)c2)cn1. The molecule has 0 aliphatic heterocycles. The molecular formula is C25H19FN2O2. The first kappa shape index (κ1) is 19.3. The number of methoxy groups -OCH3 is 1. The zero-order chi connectivity index (χ0) is 20.9. The lowest BCUT2D eigenvalue weighted by atomic mass is 9.99. The van der Waals surface area contributed by atoms with E-state index in [1.165, 1.54) is 25.4 Å². The van der Waals surface area contributed by atoms with Crippen LogP contribution in [-0.4, -0.2) is 18.0 Å². The molecule has 148 valence electrons. The first-order valence-electron chi connectivity index (χ1n) is 9.40. The highest BCUT2D eigenvalue weighted by Gasteiger charge is 2.11. The van der Waals surface area contributed by atoms with Crippen LogP contribution in [-0.2, 0) is 0 Å². The molecule has 0 aliphatic carbocycles. The maximum absolute atomic E-state index is 14.2. The second kappa shape index (κ2) is 8.57. The second-order valence-electron chi connectivity index (χ2n) is 6.72. The van der Waals surface area contributed by atoms with Gasteiger partial charge in [0.1, 0.15) is 5.82 Å². The third-order valence-electron chi connectivity index (χ3n) is 4.69. The van der Waals surface area contributed by atoms with Crippen molar-refractivity contribution in [1.29, 1.82) is 0 Å². The molecule has 30 heavy (non-hydrogen) atoms. The van der Waals surface area contributed by atoms with Gasteiger partial charge in [-0.25, -0.2) is 9.37 Å². The number of pyridine rings is 1. The number of rotatable bonds is 5. The number of ether oxygens (including phenoxy) is 1. The Kier molecular flexibility index (Phi) is 5.52. The smallest absolute Gasteiger partial charge is 0.255 e. The van der Waals surface area contributed by atoms with Crippen LogP contribution in [0, 0.1) is 5.82 Å². The van der Waals surface area contributed by atoms with Crippen molar-refractivity contribution in [1.82, 2.24) is 4.98 Å². The fraction of sp³-hybridized carbons (Fsp3) is 0.0400. The van der Waals surface area contributed by atoms with Crippen molar-refractivity contribution in [3.8, 4) is 28.1 Å². The Morgan fingerprint density at radius 1 is 0.833 bits per heavy atom. The molecule has 0 saturated heterocycles. The van der Waals surface area contributed by atoms with Crippen LogP contribution in [0.3, 0.4) is 0 Å². The summed E-state index contributed by atoms with van der Waals surface area (Å²) in [5.74, 6) is -0.443. The minimum absolute atomic E-state index is 0.230. The van der Waals surface area contributed by atoms with Crippen LogP contribution in [0.4, 0.5) is 10.1 Å². The second-order valence-corrected chi connectivity index (χ2v) is 6.72. The number of anilines is 1. The van der Waals surface area contributed by atoms with Gasteiger partial charge in [0.2, 0.25) is 5.88 Å². The van der Waals surface area contributed by atoms with Gasteiger partial charge in [0.15, 0.2) is 0 Å². The highest BCUT2D eigenvalue weighted by Crippen LogP contribution is 2.26. The molecule has 0 aliphatic rings. The van der Waals surface area contributed by atoms with Crippen LogP contribution in [0.2, 0.25) is 0 Å². The van der Waals surface area contributed by atoms with E-state index < -0.39 is 11.7 Å². The Bertz CT molecular complexity index is 1160. The zero-order valence-corrected chi connectivity index (χ0v) is 16.3. The molecular weight excluding hydrogens is 379 g/mol. The van der Waals surface area contributed by atoms with E-state index in [4.69, 9.17) is 4.74 Å². The molecule has 1 amide bonds. The monoisotopic (exact) mass is 398 g/mol. The summed E-state index contributed by atoms with van der Waals surface area (Å²) in [5.41, 5.74) is 4.37. The summed E-state index contributed by atoms with van der Waals surface area (Å²) in [6.07, 6.45) is 1.49. The van der Waals surface area contributed by atoms with E-state index in [0.717, 1.165) is 16.7 Å². The summed E-state index contributed by atoms with van der Waals surface area (Å²) in [7, 11) is 1.52. The lowest BCUT2D eigenvalue weighted by Gasteiger charge is -2.09. The number of aromatic nitrogens is 1. The Balaban J connectivity index is 1.57. The Hall–Kier alpha value is -3.99. The van der Waals surface area contributed by atoms with E-state index in [0.29, 0.717) is 17.1 Å². The van der Waals surface area contributed by atoms with Crippen LogP contribution in [0.15, 0.2) is 91.1 Å². The van der Waals surface area contributed by atoms with Crippen LogP contribution in [0.25, 0.3) is 22.3 Å². The van der Waals surface area contributed by atoms with Gasteiger partial charge in [0.25, 0.3) is 5.91 Å². The standard InChI is InChI=1S/C25H19FN2O2/c1-30-24-12-11-23(16-27-24)28-25(29)21-13-20(14-22(26)15-21)19-9-7-18(8-10-19)17-5-3-2-4-6-17/h2-16H,1H3,(H,28,29). The fourth-order valence-corrected chi connectivity index (χ4v) is 3.15. The van der Waals surface area contributed by atoms with Crippen molar-refractivity contribution in [2.24, 2.45) is 0 Å². The molecule has 0 bridgehead atoms. The van der Waals surface area contributed by atoms with Crippen molar-refractivity contribution < 1.29 is 13.9 Å². The average Bonchev–Trinajstić information content (AvgIpc) is 2.80. The van der Waals surface area contributed by atoms with Crippen molar-refractivity contribution in [2.75, 3.05) is 12.4 Å². The molecule has 0 spiro atoms. The highest BCUT2D eigenvalue weighted by molar-refractivity contribution is 6.05. The van der Waals surface area contributed by atoms with Crippen molar-refractivity contribution >= 4 is 11.6 Å². The van der Waals surface area contributed by atoms with Crippen LogP contribution in [0.5, 0.6) is 5.88 Å². The highest BCUT2D eigenvalue weighted by atomic mass is 19.1. The molecule has 0 atom stereocenters.